The Morgan fingerprint density at radius 3 is 2.20 bits per heavy atom. The van der Waals surface area contributed by atoms with E-state index in [2.05, 4.69) is 15.6 Å². The number of benzene rings is 2. The number of primary amides is 1. The summed E-state index contributed by atoms with van der Waals surface area (Å²) >= 11 is 6.29. The number of para-hydroxylation sites is 1. The van der Waals surface area contributed by atoms with Crippen molar-refractivity contribution in [1.29, 1.82) is 0 Å². The molecule has 1 aliphatic rings. The number of nitrogens with zero attached hydrogens (tertiary/aromatic N) is 1. The number of benzodiazepines with no additional fused rings is 1. The summed E-state index contributed by atoms with van der Waals surface area (Å²) in [4.78, 5) is 42.7. The van der Waals surface area contributed by atoms with Crippen LogP contribution >= 0.6 is 11.6 Å². The van der Waals surface area contributed by atoms with Gasteiger partial charge in [-0.25, -0.2) is 4.99 Å². The van der Waals surface area contributed by atoms with Gasteiger partial charge in [0.2, 0.25) is 18.0 Å². The fourth-order valence-corrected chi connectivity index (χ4v) is 4.58. The van der Waals surface area contributed by atoms with E-state index in [0.717, 1.165) is 5.56 Å². The molecule has 0 aromatic heterocycles. The van der Waals surface area contributed by atoms with Crippen molar-refractivity contribution >= 4 is 40.7 Å². The number of aliphatic imine (C=N–C) groups is 1. The fraction of sp³-hybridized carbons (Fsp3) is 0.385. The number of alkyl halides is 6. The summed E-state index contributed by atoms with van der Waals surface area (Å²) in [6.07, 6.45) is -16.4. The number of nitrogens with one attached hydrogen (secondary N) is 2. The van der Waals surface area contributed by atoms with E-state index in [0.29, 0.717) is 11.1 Å². The Hall–Kier alpha value is -3.61. The third kappa shape index (κ3) is 8.20. The van der Waals surface area contributed by atoms with Crippen molar-refractivity contribution in [3.63, 3.8) is 0 Å². The SMILES string of the molecule is Cc1cccc(C2=NC(NC(=O)C(CCC(F)(F)F)C(CCC(F)(F)F)C(N)=O)C(=O)Nc3c(Cl)cccc32)c1. The van der Waals surface area contributed by atoms with Crippen LogP contribution in [0.5, 0.6) is 0 Å². The van der Waals surface area contributed by atoms with Gasteiger partial charge in [-0.2, -0.15) is 26.3 Å². The number of rotatable bonds is 9. The number of carbonyl (C=O) groups is 3. The molecule has 1 heterocycles. The van der Waals surface area contributed by atoms with E-state index in [1.165, 1.54) is 6.07 Å². The van der Waals surface area contributed by atoms with Crippen LogP contribution in [0, 0.1) is 18.8 Å². The molecule has 40 heavy (non-hydrogen) atoms. The first-order chi connectivity index (χ1) is 18.6. The average molecular weight is 591 g/mol. The molecule has 0 saturated heterocycles. The fourth-order valence-electron chi connectivity index (χ4n) is 4.35. The Morgan fingerprint density at radius 2 is 1.62 bits per heavy atom. The molecule has 0 spiro atoms. The first-order valence-electron chi connectivity index (χ1n) is 12.0. The van der Waals surface area contributed by atoms with E-state index < -0.39 is 73.8 Å². The smallest absolute Gasteiger partial charge is 0.369 e. The van der Waals surface area contributed by atoms with Gasteiger partial charge in [0, 0.05) is 35.8 Å². The second-order valence-corrected chi connectivity index (χ2v) is 9.74. The number of fused-ring (bicyclic) bond motifs is 1. The monoisotopic (exact) mass is 590 g/mol. The summed E-state index contributed by atoms with van der Waals surface area (Å²) in [6.45, 7) is 1.80. The molecule has 1 aliphatic heterocycles. The lowest BCUT2D eigenvalue weighted by atomic mass is 9.83. The number of aryl methyl sites for hydroxylation is 1. The zero-order valence-corrected chi connectivity index (χ0v) is 21.8. The number of hydrogen-bond donors (Lipinski definition) is 3. The minimum atomic E-state index is -4.78. The topological polar surface area (TPSA) is 114 Å². The third-order valence-electron chi connectivity index (χ3n) is 6.26. The van der Waals surface area contributed by atoms with E-state index in [1.54, 1.807) is 43.3 Å². The molecule has 3 unspecified atom stereocenters. The molecule has 0 bridgehead atoms. The van der Waals surface area contributed by atoms with Crippen LogP contribution in [0.2, 0.25) is 5.02 Å². The molecule has 0 radical (unpaired) electrons. The van der Waals surface area contributed by atoms with Crippen LogP contribution in [-0.2, 0) is 14.4 Å². The second kappa shape index (κ2) is 12.3. The highest BCUT2D eigenvalue weighted by atomic mass is 35.5. The molecule has 2 aromatic rings. The summed E-state index contributed by atoms with van der Waals surface area (Å²) in [7, 11) is 0. The summed E-state index contributed by atoms with van der Waals surface area (Å²) in [6, 6.07) is 11.7. The molecule has 0 saturated carbocycles. The third-order valence-corrected chi connectivity index (χ3v) is 6.57. The summed E-state index contributed by atoms with van der Waals surface area (Å²) in [5.74, 6) is -7.36. The van der Waals surface area contributed by atoms with E-state index >= 15 is 0 Å². The van der Waals surface area contributed by atoms with Crippen molar-refractivity contribution in [3.05, 3.63) is 64.2 Å². The second-order valence-electron chi connectivity index (χ2n) is 9.33. The molecule has 0 fully saturated rings. The molecule has 3 rings (SSSR count). The highest BCUT2D eigenvalue weighted by Gasteiger charge is 2.40. The van der Waals surface area contributed by atoms with Crippen LogP contribution in [0.1, 0.15) is 42.4 Å². The Balaban J connectivity index is 2.02. The quantitative estimate of drug-likeness (QED) is 0.345. The molecular formula is C26H25ClF6N4O3. The molecular weight excluding hydrogens is 566 g/mol. The van der Waals surface area contributed by atoms with E-state index in [9.17, 15) is 40.7 Å². The largest absolute Gasteiger partial charge is 0.389 e. The van der Waals surface area contributed by atoms with Crippen LogP contribution in [-0.4, -0.2) is 42.0 Å². The minimum Gasteiger partial charge on any atom is -0.369 e. The molecule has 7 nitrogen and oxygen atoms in total. The van der Waals surface area contributed by atoms with Gasteiger partial charge in [-0.1, -0.05) is 47.5 Å². The van der Waals surface area contributed by atoms with Gasteiger partial charge >= 0.3 is 12.4 Å². The number of amides is 3. The van der Waals surface area contributed by atoms with Crippen LogP contribution in [0.25, 0.3) is 0 Å². The number of carbonyl (C=O) groups excluding carboxylic acids is 3. The molecule has 2 aromatic carbocycles. The van der Waals surface area contributed by atoms with Crippen LogP contribution in [0.15, 0.2) is 47.5 Å². The van der Waals surface area contributed by atoms with Gasteiger partial charge in [0.1, 0.15) is 0 Å². The van der Waals surface area contributed by atoms with Crippen molar-refractivity contribution in [2.45, 2.75) is 51.1 Å². The van der Waals surface area contributed by atoms with E-state index in [4.69, 9.17) is 17.3 Å². The zero-order valence-electron chi connectivity index (χ0n) is 21.0. The lowest BCUT2D eigenvalue weighted by Gasteiger charge is -2.26. The van der Waals surface area contributed by atoms with Gasteiger partial charge < -0.3 is 16.4 Å². The molecule has 0 aliphatic carbocycles. The van der Waals surface area contributed by atoms with Crippen molar-refractivity contribution in [2.24, 2.45) is 22.6 Å². The van der Waals surface area contributed by atoms with Crippen molar-refractivity contribution in [2.75, 3.05) is 5.32 Å². The Kier molecular flexibility index (Phi) is 9.49. The Labute approximate surface area is 230 Å². The number of nitrogens with two attached hydrogens (primary N) is 1. The number of halogens is 7. The first kappa shape index (κ1) is 30.9. The van der Waals surface area contributed by atoms with E-state index in [-0.39, 0.29) is 16.4 Å². The molecule has 216 valence electrons. The van der Waals surface area contributed by atoms with Gasteiger partial charge in [-0.05, 0) is 31.9 Å². The van der Waals surface area contributed by atoms with E-state index in [1.807, 2.05) is 0 Å². The lowest BCUT2D eigenvalue weighted by molar-refractivity contribution is -0.152. The van der Waals surface area contributed by atoms with Crippen LogP contribution in [0.3, 0.4) is 0 Å². The summed E-state index contributed by atoms with van der Waals surface area (Å²) in [5.41, 5.74) is 7.34. The highest BCUT2D eigenvalue weighted by molar-refractivity contribution is 6.36. The normalized spacial score (nSPS) is 17.1. The molecule has 3 amide bonds. The standard InChI is InChI=1S/C26H25ClF6N4O3/c1-13-4-2-5-14(12-13)19-17-6-3-7-18(27)20(17)36-24(40)22(35-19)37-23(39)16(9-11-26(31,32)33)15(21(34)38)8-10-25(28,29)30/h2-7,12,15-16,22H,8-11H2,1H3,(H2,34,38)(H,36,40)(H,37,39). The van der Waals surface area contributed by atoms with Gasteiger partial charge in [0.05, 0.1) is 16.4 Å². The van der Waals surface area contributed by atoms with Gasteiger partial charge in [-0.15, -0.1) is 0 Å². The van der Waals surface area contributed by atoms with Crippen molar-refractivity contribution < 1.29 is 40.7 Å². The summed E-state index contributed by atoms with van der Waals surface area (Å²) in [5, 5.41) is 4.88. The maximum atomic E-state index is 13.3. The average Bonchev–Trinajstić information content (AvgIpc) is 2.97. The minimum absolute atomic E-state index is 0.141. The first-order valence-corrected chi connectivity index (χ1v) is 12.4. The lowest BCUT2D eigenvalue weighted by Crippen LogP contribution is -2.48. The maximum Gasteiger partial charge on any atom is 0.389 e. The zero-order chi connectivity index (χ0) is 29.8. The molecule has 3 atom stereocenters. The van der Waals surface area contributed by atoms with Crippen LogP contribution < -0.4 is 16.4 Å². The number of anilines is 1. The van der Waals surface area contributed by atoms with Gasteiger partial charge in [0.25, 0.3) is 5.91 Å². The van der Waals surface area contributed by atoms with Crippen molar-refractivity contribution in [1.82, 2.24) is 5.32 Å². The number of hydrogen-bond acceptors (Lipinski definition) is 4. The predicted molar refractivity (Wildman–Crippen MR) is 136 cm³/mol. The molecule has 14 heteroatoms. The Morgan fingerprint density at radius 1 is 1.02 bits per heavy atom. The van der Waals surface area contributed by atoms with Gasteiger partial charge in [-0.3, -0.25) is 14.4 Å². The predicted octanol–water partition coefficient (Wildman–Crippen LogP) is 5.28. The molecule has 4 N–H and O–H groups in total. The Bertz CT molecular complexity index is 1310. The van der Waals surface area contributed by atoms with Crippen LogP contribution in [0.4, 0.5) is 32.0 Å². The van der Waals surface area contributed by atoms with Gasteiger partial charge in [0.15, 0.2) is 0 Å². The highest BCUT2D eigenvalue weighted by Crippen LogP contribution is 2.34. The summed E-state index contributed by atoms with van der Waals surface area (Å²) < 4.78 is 77.7. The van der Waals surface area contributed by atoms with Crippen molar-refractivity contribution in [3.8, 4) is 0 Å². The maximum absolute atomic E-state index is 13.3.